The van der Waals surface area contributed by atoms with Gasteiger partial charge in [0.2, 0.25) is 5.78 Å². The maximum atomic E-state index is 12.4. The maximum Gasteiger partial charge on any atom is 0.419 e. The third-order valence-electron chi connectivity index (χ3n) is 3.44. The summed E-state index contributed by atoms with van der Waals surface area (Å²) in [5.41, 5.74) is 2.78. The highest BCUT2D eigenvalue weighted by atomic mass is 32.1. The molecule has 0 saturated heterocycles. The summed E-state index contributed by atoms with van der Waals surface area (Å²) in [5, 5.41) is 0. The molecule has 0 atom stereocenters. The number of rotatable bonds is 2. The SMILES string of the molecule is Cc1cc(C(=O)c2ccc3c(c2)oc(=O)n3C)sc1C. The Bertz CT molecular complexity index is 863. The number of fused-ring (bicyclic) bond motifs is 1. The van der Waals surface area contributed by atoms with Gasteiger partial charge in [0.25, 0.3) is 0 Å². The van der Waals surface area contributed by atoms with E-state index in [1.807, 2.05) is 19.9 Å². The van der Waals surface area contributed by atoms with E-state index in [2.05, 4.69) is 0 Å². The van der Waals surface area contributed by atoms with Crippen molar-refractivity contribution in [1.29, 1.82) is 0 Å². The zero-order chi connectivity index (χ0) is 14.4. The minimum absolute atomic E-state index is 0.0420. The van der Waals surface area contributed by atoms with Gasteiger partial charge in [-0.3, -0.25) is 9.36 Å². The van der Waals surface area contributed by atoms with E-state index in [9.17, 15) is 9.59 Å². The van der Waals surface area contributed by atoms with Crippen LogP contribution in [0.4, 0.5) is 0 Å². The normalized spacial score (nSPS) is 11.2. The van der Waals surface area contributed by atoms with Crippen LogP contribution in [0.25, 0.3) is 11.1 Å². The van der Waals surface area contributed by atoms with Crippen molar-refractivity contribution in [3.63, 3.8) is 0 Å². The van der Waals surface area contributed by atoms with Crippen molar-refractivity contribution >= 4 is 28.2 Å². The minimum atomic E-state index is -0.424. The Morgan fingerprint density at radius 3 is 2.65 bits per heavy atom. The lowest BCUT2D eigenvalue weighted by atomic mass is 10.1. The third-order valence-corrected chi connectivity index (χ3v) is 4.60. The topological polar surface area (TPSA) is 52.2 Å². The average Bonchev–Trinajstić information content (AvgIpc) is 2.90. The molecule has 3 rings (SSSR count). The summed E-state index contributed by atoms with van der Waals surface area (Å²) >= 11 is 1.48. The van der Waals surface area contributed by atoms with Gasteiger partial charge in [0.05, 0.1) is 10.4 Å². The van der Waals surface area contributed by atoms with Crippen LogP contribution in [0.3, 0.4) is 0 Å². The number of ketones is 1. The van der Waals surface area contributed by atoms with Gasteiger partial charge in [-0.25, -0.2) is 4.79 Å². The van der Waals surface area contributed by atoms with E-state index in [4.69, 9.17) is 4.42 Å². The van der Waals surface area contributed by atoms with Gasteiger partial charge in [-0.05, 0) is 43.7 Å². The molecular formula is C15H13NO3S. The van der Waals surface area contributed by atoms with Crippen molar-refractivity contribution in [3.05, 3.63) is 55.7 Å². The van der Waals surface area contributed by atoms with Gasteiger partial charge in [-0.1, -0.05) is 0 Å². The summed E-state index contributed by atoms with van der Waals surface area (Å²) < 4.78 is 6.53. The number of carbonyl (C=O) groups is 1. The molecule has 102 valence electrons. The number of benzene rings is 1. The van der Waals surface area contributed by atoms with Crippen LogP contribution in [0.5, 0.6) is 0 Å². The Morgan fingerprint density at radius 1 is 1.25 bits per heavy atom. The van der Waals surface area contributed by atoms with Crippen molar-refractivity contribution in [2.24, 2.45) is 7.05 Å². The lowest BCUT2D eigenvalue weighted by Crippen LogP contribution is -2.08. The molecule has 0 N–H and O–H groups in total. The van der Waals surface area contributed by atoms with Crippen LogP contribution in [0.1, 0.15) is 25.7 Å². The van der Waals surface area contributed by atoms with Crippen molar-refractivity contribution < 1.29 is 9.21 Å². The lowest BCUT2D eigenvalue weighted by molar-refractivity contribution is 0.104. The quantitative estimate of drug-likeness (QED) is 0.681. The second-order valence-electron chi connectivity index (χ2n) is 4.79. The zero-order valence-electron chi connectivity index (χ0n) is 11.4. The monoisotopic (exact) mass is 287 g/mol. The largest absolute Gasteiger partial charge is 0.419 e. The molecule has 0 spiro atoms. The molecule has 0 amide bonds. The Labute approximate surface area is 119 Å². The van der Waals surface area contributed by atoms with Gasteiger partial charge in [0, 0.05) is 17.5 Å². The molecule has 0 aliphatic carbocycles. The van der Waals surface area contributed by atoms with Gasteiger partial charge in [-0.2, -0.15) is 0 Å². The summed E-state index contributed by atoms with van der Waals surface area (Å²) in [6.07, 6.45) is 0. The molecule has 0 bridgehead atoms. The number of oxazole rings is 1. The summed E-state index contributed by atoms with van der Waals surface area (Å²) in [7, 11) is 1.64. The Hall–Kier alpha value is -2.14. The molecule has 1 aromatic carbocycles. The Balaban J connectivity index is 2.10. The van der Waals surface area contributed by atoms with E-state index in [1.165, 1.54) is 15.9 Å². The van der Waals surface area contributed by atoms with Gasteiger partial charge in [0.15, 0.2) is 5.58 Å². The molecule has 0 saturated carbocycles. The first-order valence-electron chi connectivity index (χ1n) is 6.18. The highest BCUT2D eigenvalue weighted by Gasteiger charge is 2.15. The molecule has 0 radical (unpaired) electrons. The van der Waals surface area contributed by atoms with Crippen LogP contribution in [0.2, 0.25) is 0 Å². The zero-order valence-corrected chi connectivity index (χ0v) is 12.2. The highest BCUT2D eigenvalue weighted by molar-refractivity contribution is 7.14. The first kappa shape index (κ1) is 12.9. The molecule has 2 heterocycles. The number of nitrogens with zero attached hydrogens (tertiary/aromatic N) is 1. The predicted octanol–water partition coefficient (Wildman–Crippen LogP) is 3.04. The smallest absolute Gasteiger partial charge is 0.408 e. The van der Waals surface area contributed by atoms with E-state index in [0.717, 1.165) is 10.4 Å². The molecule has 4 nitrogen and oxygen atoms in total. The van der Waals surface area contributed by atoms with E-state index < -0.39 is 5.76 Å². The molecule has 3 aromatic rings. The Kier molecular flexibility index (Phi) is 2.87. The van der Waals surface area contributed by atoms with E-state index in [-0.39, 0.29) is 5.78 Å². The second kappa shape index (κ2) is 4.45. The number of thiophene rings is 1. The lowest BCUT2D eigenvalue weighted by Gasteiger charge is -1.98. The van der Waals surface area contributed by atoms with Crippen LogP contribution in [-0.2, 0) is 7.05 Å². The van der Waals surface area contributed by atoms with Gasteiger partial charge < -0.3 is 4.42 Å². The van der Waals surface area contributed by atoms with Crippen LogP contribution in [0, 0.1) is 13.8 Å². The van der Waals surface area contributed by atoms with Gasteiger partial charge in [0.1, 0.15) is 0 Å². The van der Waals surface area contributed by atoms with Crippen molar-refractivity contribution in [2.75, 3.05) is 0 Å². The second-order valence-corrected chi connectivity index (χ2v) is 6.04. The predicted molar refractivity (Wildman–Crippen MR) is 78.7 cm³/mol. The first-order chi connectivity index (χ1) is 9.47. The van der Waals surface area contributed by atoms with Gasteiger partial charge in [-0.15, -0.1) is 11.3 Å². The number of aryl methyl sites for hydroxylation is 3. The van der Waals surface area contributed by atoms with Crippen molar-refractivity contribution in [2.45, 2.75) is 13.8 Å². The fourth-order valence-corrected chi connectivity index (χ4v) is 3.10. The third kappa shape index (κ3) is 1.91. The summed E-state index contributed by atoms with van der Waals surface area (Å²) in [6.45, 7) is 3.98. The fraction of sp³-hybridized carbons (Fsp3) is 0.200. The van der Waals surface area contributed by atoms with E-state index >= 15 is 0 Å². The molecule has 0 unspecified atom stereocenters. The van der Waals surface area contributed by atoms with Crippen LogP contribution >= 0.6 is 11.3 Å². The van der Waals surface area contributed by atoms with Crippen molar-refractivity contribution in [1.82, 2.24) is 4.57 Å². The molecule has 0 aliphatic heterocycles. The molecule has 5 heteroatoms. The molecule has 0 fully saturated rings. The van der Waals surface area contributed by atoms with Crippen LogP contribution < -0.4 is 5.76 Å². The van der Waals surface area contributed by atoms with Crippen LogP contribution in [-0.4, -0.2) is 10.4 Å². The number of hydrogen-bond donors (Lipinski definition) is 0. The first-order valence-corrected chi connectivity index (χ1v) is 7.00. The number of aromatic nitrogens is 1. The standard InChI is InChI=1S/C15H13NO3S/c1-8-6-13(20-9(8)2)14(17)10-4-5-11-12(7-10)19-15(18)16(11)3/h4-7H,1-3H3. The maximum absolute atomic E-state index is 12.4. The minimum Gasteiger partial charge on any atom is -0.408 e. The van der Waals surface area contributed by atoms with Crippen LogP contribution in [0.15, 0.2) is 33.5 Å². The fourth-order valence-electron chi connectivity index (χ4n) is 2.10. The van der Waals surface area contributed by atoms with Gasteiger partial charge >= 0.3 is 5.76 Å². The summed E-state index contributed by atoms with van der Waals surface area (Å²) in [5.74, 6) is -0.466. The number of carbonyl (C=O) groups excluding carboxylic acids is 1. The molecule has 20 heavy (non-hydrogen) atoms. The molecule has 0 aliphatic rings. The highest BCUT2D eigenvalue weighted by Crippen LogP contribution is 2.24. The van der Waals surface area contributed by atoms with E-state index in [0.29, 0.717) is 21.5 Å². The molecule has 2 aromatic heterocycles. The van der Waals surface area contributed by atoms with E-state index in [1.54, 1.807) is 25.2 Å². The summed E-state index contributed by atoms with van der Waals surface area (Å²) in [6, 6.07) is 6.99. The molecular weight excluding hydrogens is 274 g/mol. The number of hydrogen-bond acceptors (Lipinski definition) is 4. The van der Waals surface area contributed by atoms with Crippen molar-refractivity contribution in [3.8, 4) is 0 Å². The Morgan fingerprint density at radius 2 is 2.00 bits per heavy atom. The summed E-state index contributed by atoms with van der Waals surface area (Å²) in [4.78, 5) is 25.7. The average molecular weight is 287 g/mol.